The van der Waals surface area contributed by atoms with Crippen LogP contribution in [0, 0.1) is 0 Å². The number of carbonyl (C=O) groups is 1. The molecule has 0 atom stereocenters. The van der Waals surface area contributed by atoms with Gasteiger partial charge in [-0.3, -0.25) is 0 Å². The van der Waals surface area contributed by atoms with Crippen molar-refractivity contribution in [3.63, 3.8) is 0 Å². The first kappa shape index (κ1) is 14.2. The van der Waals surface area contributed by atoms with Gasteiger partial charge in [-0.1, -0.05) is 6.07 Å². The van der Waals surface area contributed by atoms with Crippen LogP contribution in [0.5, 0.6) is 0 Å². The minimum absolute atomic E-state index is 0.0542. The third-order valence-corrected chi connectivity index (χ3v) is 3.49. The molecule has 1 aromatic carbocycles. The third-order valence-electron chi connectivity index (χ3n) is 2.38. The fraction of sp³-hybridized carbons (Fsp3) is 0.250. The van der Waals surface area contributed by atoms with Crippen LogP contribution in [0.4, 0.5) is 0 Å². The van der Waals surface area contributed by atoms with Gasteiger partial charge in [-0.15, -0.1) is 10.2 Å². The molecule has 0 aliphatic carbocycles. The van der Waals surface area contributed by atoms with Gasteiger partial charge < -0.3 is 9.15 Å². The van der Waals surface area contributed by atoms with E-state index in [-0.39, 0.29) is 23.3 Å². The van der Waals surface area contributed by atoms with Crippen LogP contribution in [-0.2, 0) is 14.6 Å². The van der Waals surface area contributed by atoms with Crippen molar-refractivity contribution < 1.29 is 22.4 Å². The van der Waals surface area contributed by atoms with E-state index in [1.165, 1.54) is 12.1 Å². The van der Waals surface area contributed by atoms with E-state index in [0.717, 1.165) is 6.26 Å². The highest BCUT2D eigenvalue weighted by Gasteiger charge is 2.17. The molecule has 0 aliphatic rings. The molecular formula is C12H12N2O5S. The van der Waals surface area contributed by atoms with Crippen molar-refractivity contribution >= 4 is 15.8 Å². The molecule has 0 radical (unpaired) electrons. The zero-order valence-electron chi connectivity index (χ0n) is 10.9. The molecule has 0 aliphatic heterocycles. The average Bonchev–Trinajstić information content (AvgIpc) is 2.88. The van der Waals surface area contributed by atoms with Crippen LogP contribution in [0.3, 0.4) is 0 Å². The van der Waals surface area contributed by atoms with Gasteiger partial charge in [-0.2, -0.15) is 0 Å². The maximum absolute atomic E-state index is 11.5. The van der Waals surface area contributed by atoms with E-state index in [2.05, 4.69) is 10.2 Å². The smallest absolute Gasteiger partial charge is 0.396 e. The fourth-order valence-electron chi connectivity index (χ4n) is 1.47. The summed E-state index contributed by atoms with van der Waals surface area (Å²) in [6, 6.07) is 6.02. The highest BCUT2D eigenvalue weighted by atomic mass is 32.2. The molecule has 20 heavy (non-hydrogen) atoms. The van der Waals surface area contributed by atoms with Crippen molar-refractivity contribution in [1.29, 1.82) is 0 Å². The van der Waals surface area contributed by atoms with Crippen LogP contribution in [-0.4, -0.2) is 37.4 Å². The molecule has 2 aromatic rings. The second-order valence-corrected chi connectivity index (χ2v) is 5.95. The van der Waals surface area contributed by atoms with Crippen molar-refractivity contribution in [3.05, 3.63) is 30.2 Å². The Morgan fingerprint density at radius 1 is 1.35 bits per heavy atom. The summed E-state index contributed by atoms with van der Waals surface area (Å²) in [5, 5.41) is 7.26. The molecule has 1 heterocycles. The monoisotopic (exact) mass is 296 g/mol. The van der Waals surface area contributed by atoms with Gasteiger partial charge in [0.25, 0.3) is 0 Å². The molecule has 0 N–H and O–H groups in total. The number of carbonyl (C=O) groups excluding carboxylic acids is 1. The molecule has 0 amide bonds. The standard InChI is InChI=1S/C12H12N2O5S/c1-3-18-12(15)11-14-13-10(19-11)8-5-4-6-9(7-8)20(2,16)17/h4-7H,3H2,1-2H3. The Kier molecular flexibility index (Phi) is 3.84. The Hall–Kier alpha value is -2.22. The molecule has 1 aromatic heterocycles. The molecule has 8 heteroatoms. The second kappa shape index (κ2) is 5.41. The van der Waals surface area contributed by atoms with E-state index in [1.54, 1.807) is 19.1 Å². The van der Waals surface area contributed by atoms with Crippen LogP contribution in [0.25, 0.3) is 11.5 Å². The van der Waals surface area contributed by atoms with Crippen molar-refractivity contribution in [2.75, 3.05) is 12.9 Å². The van der Waals surface area contributed by atoms with Crippen molar-refractivity contribution in [1.82, 2.24) is 10.2 Å². The van der Waals surface area contributed by atoms with E-state index in [1.807, 2.05) is 0 Å². The van der Waals surface area contributed by atoms with Crippen LogP contribution in [0.1, 0.15) is 17.6 Å². The lowest BCUT2D eigenvalue weighted by Gasteiger charge is -1.99. The summed E-state index contributed by atoms with van der Waals surface area (Å²) in [6.07, 6.45) is 1.10. The number of hydrogen-bond donors (Lipinski definition) is 0. The lowest BCUT2D eigenvalue weighted by Crippen LogP contribution is -2.04. The topological polar surface area (TPSA) is 99.4 Å². The Bertz CT molecular complexity index is 736. The number of hydrogen-bond acceptors (Lipinski definition) is 7. The van der Waals surface area contributed by atoms with E-state index >= 15 is 0 Å². The second-order valence-electron chi connectivity index (χ2n) is 3.93. The van der Waals surface area contributed by atoms with Crippen LogP contribution in [0.2, 0.25) is 0 Å². The number of nitrogens with zero attached hydrogens (tertiary/aromatic N) is 2. The maximum atomic E-state index is 11.5. The number of rotatable bonds is 4. The number of sulfone groups is 1. The van der Waals surface area contributed by atoms with Crippen LogP contribution < -0.4 is 0 Å². The summed E-state index contributed by atoms with van der Waals surface area (Å²) in [5.74, 6) is -0.935. The van der Waals surface area contributed by atoms with Gasteiger partial charge in [-0.25, -0.2) is 13.2 Å². The number of ether oxygens (including phenoxy) is 1. The highest BCUT2D eigenvalue weighted by molar-refractivity contribution is 7.90. The highest BCUT2D eigenvalue weighted by Crippen LogP contribution is 2.21. The molecule has 106 valence electrons. The first-order valence-electron chi connectivity index (χ1n) is 5.73. The Morgan fingerprint density at radius 2 is 2.10 bits per heavy atom. The van der Waals surface area contributed by atoms with Crippen molar-refractivity contribution in [3.8, 4) is 11.5 Å². The van der Waals surface area contributed by atoms with Gasteiger partial charge in [-0.05, 0) is 25.1 Å². The maximum Gasteiger partial charge on any atom is 0.396 e. The summed E-state index contributed by atoms with van der Waals surface area (Å²) in [6.45, 7) is 1.85. The van der Waals surface area contributed by atoms with Gasteiger partial charge in [0.05, 0.1) is 11.5 Å². The van der Waals surface area contributed by atoms with E-state index in [4.69, 9.17) is 9.15 Å². The minimum atomic E-state index is -3.33. The summed E-state index contributed by atoms with van der Waals surface area (Å²) < 4.78 is 32.8. The molecular weight excluding hydrogens is 284 g/mol. The largest absolute Gasteiger partial charge is 0.459 e. The Labute approximate surface area is 115 Å². The first-order valence-corrected chi connectivity index (χ1v) is 7.62. The predicted molar refractivity (Wildman–Crippen MR) is 68.8 cm³/mol. The van der Waals surface area contributed by atoms with Crippen LogP contribution >= 0.6 is 0 Å². The molecule has 0 spiro atoms. The number of benzene rings is 1. The fourth-order valence-corrected chi connectivity index (χ4v) is 2.14. The zero-order valence-corrected chi connectivity index (χ0v) is 11.7. The van der Waals surface area contributed by atoms with Crippen molar-refractivity contribution in [2.24, 2.45) is 0 Å². The Morgan fingerprint density at radius 3 is 2.75 bits per heavy atom. The summed E-state index contributed by atoms with van der Waals surface area (Å²) >= 11 is 0. The zero-order chi connectivity index (χ0) is 14.8. The van der Waals surface area contributed by atoms with Gasteiger partial charge in [0.2, 0.25) is 5.89 Å². The van der Waals surface area contributed by atoms with Gasteiger partial charge >= 0.3 is 11.9 Å². The molecule has 0 bridgehead atoms. The van der Waals surface area contributed by atoms with Crippen LogP contribution in [0.15, 0.2) is 33.6 Å². The first-order chi connectivity index (χ1) is 9.41. The lowest BCUT2D eigenvalue weighted by molar-refractivity contribution is 0.0481. The molecule has 0 saturated carbocycles. The number of esters is 1. The van der Waals surface area contributed by atoms with Gasteiger partial charge in [0.1, 0.15) is 0 Å². The third kappa shape index (κ3) is 3.02. The molecule has 0 fully saturated rings. The quantitative estimate of drug-likeness (QED) is 0.784. The summed E-state index contributed by atoms with van der Waals surface area (Å²) in [7, 11) is -3.33. The predicted octanol–water partition coefficient (Wildman–Crippen LogP) is 1.32. The molecule has 7 nitrogen and oxygen atoms in total. The minimum Gasteiger partial charge on any atom is -0.459 e. The summed E-state index contributed by atoms with van der Waals surface area (Å²) in [5.41, 5.74) is 0.413. The normalized spacial score (nSPS) is 11.3. The average molecular weight is 296 g/mol. The molecule has 0 saturated heterocycles. The lowest BCUT2D eigenvalue weighted by atomic mass is 10.2. The molecule has 2 rings (SSSR count). The van der Waals surface area contributed by atoms with E-state index in [9.17, 15) is 13.2 Å². The number of aromatic nitrogens is 2. The van der Waals surface area contributed by atoms with Gasteiger partial charge in [0, 0.05) is 11.8 Å². The summed E-state index contributed by atoms with van der Waals surface area (Å²) in [4.78, 5) is 11.5. The van der Waals surface area contributed by atoms with Gasteiger partial charge in [0.15, 0.2) is 9.84 Å². The van der Waals surface area contributed by atoms with E-state index in [0.29, 0.717) is 5.56 Å². The Balaban J connectivity index is 2.36. The SMILES string of the molecule is CCOC(=O)c1nnc(-c2cccc(S(C)(=O)=O)c2)o1. The van der Waals surface area contributed by atoms with E-state index < -0.39 is 15.8 Å². The molecule has 0 unspecified atom stereocenters. The van der Waals surface area contributed by atoms with Crippen molar-refractivity contribution in [2.45, 2.75) is 11.8 Å².